The molecule has 0 aliphatic carbocycles. The maximum Gasteiger partial charge on any atom is 0.280 e. The molecule has 0 radical (unpaired) electrons. The number of halogens is 1. The second-order valence-electron chi connectivity index (χ2n) is 7.50. The van der Waals surface area contributed by atoms with E-state index in [9.17, 15) is 0 Å². The lowest BCUT2D eigenvalue weighted by Crippen LogP contribution is -2.05. The van der Waals surface area contributed by atoms with E-state index >= 15 is 0 Å². The summed E-state index contributed by atoms with van der Waals surface area (Å²) in [5.74, 6) is 2.16. The van der Waals surface area contributed by atoms with E-state index in [4.69, 9.17) is 8.94 Å². The Labute approximate surface area is 192 Å². The van der Waals surface area contributed by atoms with Crippen LogP contribution >= 0.6 is 15.9 Å². The first-order valence-electron chi connectivity index (χ1n) is 10.0. The average molecular weight is 491 g/mol. The molecule has 0 atom stereocenters. The molecule has 0 amide bonds. The van der Waals surface area contributed by atoms with E-state index < -0.39 is 0 Å². The predicted molar refractivity (Wildman–Crippen MR) is 122 cm³/mol. The summed E-state index contributed by atoms with van der Waals surface area (Å²) in [6, 6.07) is 15.8. The van der Waals surface area contributed by atoms with Gasteiger partial charge >= 0.3 is 0 Å². The molecule has 0 aliphatic heterocycles. The lowest BCUT2D eigenvalue weighted by atomic mass is 10.1. The van der Waals surface area contributed by atoms with Crippen LogP contribution in [0.15, 0.2) is 61.9 Å². The normalized spacial score (nSPS) is 11.2. The maximum atomic E-state index is 5.90. The molecule has 9 heteroatoms. The second-order valence-corrected chi connectivity index (χ2v) is 8.42. The van der Waals surface area contributed by atoms with Crippen LogP contribution in [-0.2, 0) is 6.54 Å². The van der Waals surface area contributed by atoms with Gasteiger partial charge in [-0.3, -0.25) is 0 Å². The summed E-state index contributed by atoms with van der Waals surface area (Å²) >= 11 is 3.43. The number of hydrogen-bond acceptors (Lipinski definition) is 7. The van der Waals surface area contributed by atoms with Crippen LogP contribution in [-0.4, -0.2) is 30.1 Å². The third kappa shape index (κ3) is 3.87. The highest BCUT2D eigenvalue weighted by molar-refractivity contribution is 9.10. The average Bonchev–Trinajstić information content (AvgIpc) is 3.49. The topological polar surface area (TPSA) is 95.7 Å². The third-order valence-corrected chi connectivity index (χ3v) is 5.70. The zero-order chi connectivity index (χ0) is 22.2. The zero-order valence-electron chi connectivity index (χ0n) is 17.7. The monoisotopic (exact) mass is 490 g/mol. The molecule has 3 heterocycles. The predicted octanol–water partition coefficient (Wildman–Crippen LogP) is 5.39. The molecule has 0 spiro atoms. The Morgan fingerprint density at radius 3 is 2.53 bits per heavy atom. The van der Waals surface area contributed by atoms with Crippen LogP contribution in [0, 0.1) is 20.8 Å². The summed E-state index contributed by atoms with van der Waals surface area (Å²) in [4.78, 5) is 9.17. The minimum absolute atomic E-state index is 0.323. The molecule has 160 valence electrons. The van der Waals surface area contributed by atoms with E-state index in [0.717, 1.165) is 38.3 Å². The van der Waals surface area contributed by atoms with E-state index in [-0.39, 0.29) is 0 Å². The molecule has 0 aliphatic rings. The third-order valence-electron chi connectivity index (χ3n) is 5.17. The van der Waals surface area contributed by atoms with Crippen molar-refractivity contribution >= 4 is 15.9 Å². The van der Waals surface area contributed by atoms with Crippen molar-refractivity contribution in [2.75, 3.05) is 0 Å². The minimum Gasteiger partial charge on any atom is -0.441 e. The minimum atomic E-state index is 0.323. The van der Waals surface area contributed by atoms with Gasteiger partial charge in [0.25, 0.3) is 5.89 Å². The first-order valence-corrected chi connectivity index (χ1v) is 10.8. The summed E-state index contributed by atoms with van der Waals surface area (Å²) in [7, 11) is 0. The Bertz CT molecular complexity index is 1400. The molecule has 5 rings (SSSR count). The van der Waals surface area contributed by atoms with Crippen molar-refractivity contribution in [2.45, 2.75) is 27.3 Å². The Hall–Kier alpha value is -3.59. The van der Waals surface area contributed by atoms with Gasteiger partial charge in [0.1, 0.15) is 11.5 Å². The standard InChI is InChI=1S/C23H19BrN6O2/c1-13-5-4-6-17(11-13)22-25-19(15(3)31-22)12-30-14(2)20(27-29-30)23-26-21(28-32-23)16-7-9-18(24)10-8-16/h4-11H,12H2,1-3H3. The number of benzene rings is 2. The van der Waals surface area contributed by atoms with E-state index in [1.54, 1.807) is 4.68 Å². The fourth-order valence-corrected chi connectivity index (χ4v) is 3.63. The summed E-state index contributed by atoms with van der Waals surface area (Å²) in [5.41, 5.74) is 5.09. The van der Waals surface area contributed by atoms with Crippen molar-refractivity contribution in [2.24, 2.45) is 0 Å². The van der Waals surface area contributed by atoms with Crippen LogP contribution in [0.2, 0.25) is 0 Å². The Balaban J connectivity index is 1.40. The number of aryl methyl sites for hydroxylation is 2. The molecule has 5 aromatic rings. The van der Waals surface area contributed by atoms with E-state index in [1.807, 2.05) is 69.3 Å². The lowest BCUT2D eigenvalue weighted by molar-refractivity contribution is 0.430. The van der Waals surface area contributed by atoms with Gasteiger partial charge in [-0.25, -0.2) is 9.67 Å². The van der Waals surface area contributed by atoms with Crippen LogP contribution in [0.5, 0.6) is 0 Å². The molecule has 0 unspecified atom stereocenters. The van der Waals surface area contributed by atoms with Gasteiger partial charge in [0.15, 0.2) is 5.69 Å². The zero-order valence-corrected chi connectivity index (χ0v) is 19.3. The first-order chi connectivity index (χ1) is 15.5. The summed E-state index contributed by atoms with van der Waals surface area (Å²) < 4.78 is 14.1. The highest BCUT2D eigenvalue weighted by atomic mass is 79.9. The fraction of sp³-hybridized carbons (Fsp3) is 0.174. The lowest BCUT2D eigenvalue weighted by Gasteiger charge is -2.00. The smallest absolute Gasteiger partial charge is 0.280 e. The highest BCUT2D eigenvalue weighted by Crippen LogP contribution is 2.26. The van der Waals surface area contributed by atoms with E-state index in [0.29, 0.717) is 29.8 Å². The van der Waals surface area contributed by atoms with Crippen molar-refractivity contribution in [3.05, 3.63) is 75.7 Å². The largest absolute Gasteiger partial charge is 0.441 e. The van der Waals surface area contributed by atoms with Crippen LogP contribution in [0.3, 0.4) is 0 Å². The van der Waals surface area contributed by atoms with Gasteiger partial charge in [0, 0.05) is 15.6 Å². The molecule has 0 bridgehead atoms. The van der Waals surface area contributed by atoms with Crippen molar-refractivity contribution in [3.63, 3.8) is 0 Å². The fourth-order valence-electron chi connectivity index (χ4n) is 3.36. The molecule has 0 N–H and O–H groups in total. The van der Waals surface area contributed by atoms with Crippen molar-refractivity contribution < 1.29 is 8.94 Å². The second kappa shape index (κ2) is 8.16. The number of rotatable bonds is 5. The van der Waals surface area contributed by atoms with Crippen molar-refractivity contribution in [1.82, 2.24) is 30.1 Å². The molecular formula is C23H19BrN6O2. The van der Waals surface area contributed by atoms with Gasteiger partial charge in [-0.2, -0.15) is 4.98 Å². The molecule has 0 saturated carbocycles. The number of nitrogens with zero attached hydrogens (tertiary/aromatic N) is 6. The SMILES string of the molecule is Cc1cccc(-c2nc(Cn3nnc(-c4nc(-c5ccc(Br)cc5)no4)c3C)c(C)o2)c1. The summed E-state index contributed by atoms with van der Waals surface area (Å²) in [6.07, 6.45) is 0. The Morgan fingerprint density at radius 1 is 0.938 bits per heavy atom. The summed E-state index contributed by atoms with van der Waals surface area (Å²) in [5, 5.41) is 12.6. The summed E-state index contributed by atoms with van der Waals surface area (Å²) in [6.45, 7) is 6.28. The Kier molecular flexibility index (Phi) is 5.18. The van der Waals surface area contributed by atoms with Crippen molar-refractivity contribution in [1.29, 1.82) is 0 Å². The van der Waals surface area contributed by atoms with Gasteiger partial charge in [-0.15, -0.1) is 5.10 Å². The van der Waals surface area contributed by atoms with Crippen LogP contribution in [0.25, 0.3) is 34.4 Å². The van der Waals surface area contributed by atoms with Crippen LogP contribution in [0.4, 0.5) is 0 Å². The molecule has 0 saturated heterocycles. The number of oxazole rings is 1. The van der Waals surface area contributed by atoms with Gasteiger partial charge in [-0.1, -0.05) is 44.0 Å². The van der Waals surface area contributed by atoms with Crippen LogP contribution in [0.1, 0.15) is 22.7 Å². The Morgan fingerprint density at radius 2 is 1.75 bits per heavy atom. The number of hydrogen-bond donors (Lipinski definition) is 0. The van der Waals surface area contributed by atoms with Gasteiger partial charge in [-0.05, 0) is 57.2 Å². The van der Waals surface area contributed by atoms with Gasteiger partial charge in [0.2, 0.25) is 11.7 Å². The molecule has 0 fully saturated rings. The molecule has 2 aromatic carbocycles. The maximum absolute atomic E-state index is 5.90. The van der Waals surface area contributed by atoms with E-state index in [2.05, 4.69) is 41.4 Å². The number of aromatic nitrogens is 6. The highest BCUT2D eigenvalue weighted by Gasteiger charge is 2.20. The molecular weight excluding hydrogens is 472 g/mol. The molecule has 3 aromatic heterocycles. The van der Waals surface area contributed by atoms with Gasteiger partial charge in [0.05, 0.1) is 12.2 Å². The quantitative estimate of drug-likeness (QED) is 0.326. The molecule has 8 nitrogen and oxygen atoms in total. The van der Waals surface area contributed by atoms with Crippen LogP contribution < -0.4 is 0 Å². The van der Waals surface area contributed by atoms with E-state index in [1.165, 1.54) is 0 Å². The first kappa shape index (κ1) is 20.3. The van der Waals surface area contributed by atoms with Gasteiger partial charge < -0.3 is 8.94 Å². The van der Waals surface area contributed by atoms with Crippen molar-refractivity contribution in [3.8, 4) is 34.4 Å². The molecule has 32 heavy (non-hydrogen) atoms.